The van der Waals surface area contributed by atoms with Gasteiger partial charge in [0.15, 0.2) is 0 Å². The zero-order chi connectivity index (χ0) is 15.4. The first-order valence-corrected chi connectivity index (χ1v) is 6.72. The molecule has 0 radical (unpaired) electrons. The fraction of sp³-hybridized carbons (Fsp3) is 0.188. The number of halogens is 1. The molecule has 21 heavy (non-hydrogen) atoms. The van der Waals surface area contributed by atoms with Gasteiger partial charge in [-0.2, -0.15) is 0 Å². The number of ether oxygens (including phenoxy) is 2. The van der Waals surface area contributed by atoms with Gasteiger partial charge in [-0.3, -0.25) is 4.79 Å². The zero-order valence-electron chi connectivity index (χ0n) is 12.1. The second-order valence-electron chi connectivity index (χ2n) is 4.51. The number of anilines is 1. The number of methoxy groups -OCH3 is 2. The molecule has 0 bridgehead atoms. The maximum Gasteiger partial charge on any atom is 0.255 e. The van der Waals surface area contributed by atoms with Crippen molar-refractivity contribution in [3.05, 3.63) is 52.5 Å². The van der Waals surface area contributed by atoms with Crippen LogP contribution in [0.25, 0.3) is 0 Å². The molecule has 1 N–H and O–H groups in total. The lowest BCUT2D eigenvalue weighted by Gasteiger charge is -2.11. The Morgan fingerprint density at radius 3 is 2.33 bits per heavy atom. The summed E-state index contributed by atoms with van der Waals surface area (Å²) in [7, 11) is 3.09. The van der Waals surface area contributed by atoms with E-state index < -0.39 is 0 Å². The summed E-state index contributed by atoms with van der Waals surface area (Å²) >= 11 is 6.03. The van der Waals surface area contributed by atoms with Gasteiger partial charge in [0.2, 0.25) is 0 Å². The third-order valence-electron chi connectivity index (χ3n) is 3.02. The first-order valence-electron chi connectivity index (χ1n) is 6.34. The van der Waals surface area contributed by atoms with Crippen molar-refractivity contribution in [1.82, 2.24) is 0 Å². The first-order chi connectivity index (χ1) is 10.0. The summed E-state index contributed by atoms with van der Waals surface area (Å²) in [5, 5.41) is 3.21. The van der Waals surface area contributed by atoms with E-state index in [2.05, 4.69) is 5.32 Å². The Morgan fingerprint density at radius 2 is 1.71 bits per heavy atom. The van der Waals surface area contributed by atoms with Crippen LogP contribution in [-0.4, -0.2) is 20.1 Å². The van der Waals surface area contributed by atoms with E-state index in [4.69, 9.17) is 21.1 Å². The Labute approximate surface area is 128 Å². The monoisotopic (exact) mass is 305 g/mol. The van der Waals surface area contributed by atoms with Crippen LogP contribution in [0.4, 0.5) is 5.69 Å². The predicted molar refractivity (Wildman–Crippen MR) is 83.7 cm³/mol. The number of nitrogens with one attached hydrogen (secondary N) is 1. The Kier molecular flexibility index (Phi) is 4.70. The smallest absolute Gasteiger partial charge is 0.255 e. The highest BCUT2D eigenvalue weighted by atomic mass is 35.5. The number of benzene rings is 2. The minimum Gasteiger partial charge on any atom is -0.495 e. The van der Waals surface area contributed by atoms with Crippen molar-refractivity contribution in [2.75, 3.05) is 19.5 Å². The van der Waals surface area contributed by atoms with Gasteiger partial charge in [-0.15, -0.1) is 0 Å². The molecule has 0 aliphatic heterocycles. The predicted octanol–water partition coefficient (Wildman–Crippen LogP) is 3.92. The molecule has 1 amide bonds. The van der Waals surface area contributed by atoms with E-state index in [1.807, 2.05) is 25.1 Å². The van der Waals surface area contributed by atoms with Crippen molar-refractivity contribution in [2.45, 2.75) is 6.92 Å². The SMILES string of the molecule is COc1ccc(C(=O)Nc2cc(C)ccc2OC)cc1Cl. The van der Waals surface area contributed by atoms with Gasteiger partial charge in [0.05, 0.1) is 24.9 Å². The Morgan fingerprint density at radius 1 is 1.05 bits per heavy atom. The third kappa shape index (κ3) is 3.47. The summed E-state index contributed by atoms with van der Waals surface area (Å²) in [6, 6.07) is 10.5. The molecule has 0 saturated heterocycles. The van der Waals surface area contributed by atoms with Gasteiger partial charge >= 0.3 is 0 Å². The van der Waals surface area contributed by atoms with Gasteiger partial charge in [-0.1, -0.05) is 17.7 Å². The van der Waals surface area contributed by atoms with Crippen LogP contribution in [-0.2, 0) is 0 Å². The first kappa shape index (κ1) is 15.2. The van der Waals surface area contributed by atoms with Crippen LogP contribution in [0.15, 0.2) is 36.4 Å². The van der Waals surface area contributed by atoms with Crippen molar-refractivity contribution < 1.29 is 14.3 Å². The second kappa shape index (κ2) is 6.50. The van der Waals surface area contributed by atoms with Crippen molar-refractivity contribution in [3.8, 4) is 11.5 Å². The van der Waals surface area contributed by atoms with Crippen LogP contribution < -0.4 is 14.8 Å². The molecular weight excluding hydrogens is 290 g/mol. The summed E-state index contributed by atoms with van der Waals surface area (Å²) < 4.78 is 10.3. The van der Waals surface area contributed by atoms with Gasteiger partial charge in [-0.25, -0.2) is 0 Å². The molecule has 4 nitrogen and oxygen atoms in total. The lowest BCUT2D eigenvalue weighted by Crippen LogP contribution is -2.12. The van der Waals surface area contributed by atoms with E-state index in [0.29, 0.717) is 27.8 Å². The van der Waals surface area contributed by atoms with Crippen LogP contribution in [0.3, 0.4) is 0 Å². The highest BCUT2D eigenvalue weighted by molar-refractivity contribution is 6.32. The zero-order valence-corrected chi connectivity index (χ0v) is 12.8. The minimum absolute atomic E-state index is 0.261. The molecule has 0 atom stereocenters. The molecular formula is C16H16ClNO3. The van der Waals surface area contributed by atoms with Crippen molar-refractivity contribution in [2.24, 2.45) is 0 Å². The molecule has 0 unspecified atom stereocenters. The molecule has 0 heterocycles. The lowest BCUT2D eigenvalue weighted by molar-refractivity contribution is 0.102. The number of carbonyl (C=O) groups excluding carboxylic acids is 1. The third-order valence-corrected chi connectivity index (χ3v) is 3.31. The largest absolute Gasteiger partial charge is 0.495 e. The van der Waals surface area contributed by atoms with Gasteiger partial charge < -0.3 is 14.8 Å². The number of amides is 1. The van der Waals surface area contributed by atoms with E-state index in [1.54, 1.807) is 25.3 Å². The van der Waals surface area contributed by atoms with Crippen molar-refractivity contribution in [1.29, 1.82) is 0 Å². The number of rotatable bonds is 4. The highest BCUT2D eigenvalue weighted by Crippen LogP contribution is 2.28. The standard InChI is InChI=1S/C16H16ClNO3/c1-10-4-6-15(21-3)13(8-10)18-16(19)11-5-7-14(20-2)12(17)9-11/h4-9H,1-3H3,(H,18,19). The normalized spacial score (nSPS) is 10.1. The van der Waals surface area contributed by atoms with Gasteiger partial charge in [0.1, 0.15) is 11.5 Å². The number of hydrogen-bond donors (Lipinski definition) is 1. The summed E-state index contributed by atoms with van der Waals surface area (Å²) in [4.78, 5) is 12.3. The number of carbonyl (C=O) groups is 1. The number of hydrogen-bond acceptors (Lipinski definition) is 3. The van der Waals surface area contributed by atoms with Gasteiger partial charge in [0.25, 0.3) is 5.91 Å². The van der Waals surface area contributed by atoms with Crippen LogP contribution >= 0.6 is 11.6 Å². The summed E-state index contributed by atoms with van der Waals surface area (Å²) in [6.45, 7) is 1.94. The summed E-state index contributed by atoms with van der Waals surface area (Å²) in [5.74, 6) is 0.873. The Balaban J connectivity index is 2.26. The number of aryl methyl sites for hydroxylation is 1. The summed E-state index contributed by atoms with van der Waals surface area (Å²) in [6.07, 6.45) is 0. The fourth-order valence-electron chi connectivity index (χ4n) is 1.92. The maximum absolute atomic E-state index is 12.3. The molecule has 0 aliphatic rings. The molecule has 0 aliphatic carbocycles. The van der Waals surface area contributed by atoms with Crippen LogP contribution in [0.5, 0.6) is 11.5 Å². The molecule has 2 aromatic rings. The molecule has 0 saturated carbocycles. The molecule has 2 rings (SSSR count). The van der Waals surface area contributed by atoms with E-state index in [-0.39, 0.29) is 5.91 Å². The molecule has 110 valence electrons. The van der Waals surface area contributed by atoms with E-state index in [9.17, 15) is 4.79 Å². The van der Waals surface area contributed by atoms with Crippen LogP contribution in [0.2, 0.25) is 5.02 Å². The van der Waals surface area contributed by atoms with E-state index in [1.165, 1.54) is 7.11 Å². The molecule has 2 aromatic carbocycles. The van der Waals surface area contributed by atoms with Gasteiger partial charge in [-0.05, 0) is 42.8 Å². The van der Waals surface area contributed by atoms with Crippen LogP contribution in [0.1, 0.15) is 15.9 Å². The Bertz CT molecular complexity index is 671. The minimum atomic E-state index is -0.261. The fourth-order valence-corrected chi connectivity index (χ4v) is 2.18. The van der Waals surface area contributed by atoms with E-state index >= 15 is 0 Å². The lowest BCUT2D eigenvalue weighted by atomic mass is 10.1. The molecule has 0 spiro atoms. The molecule has 0 fully saturated rings. The van der Waals surface area contributed by atoms with Gasteiger partial charge in [0, 0.05) is 5.56 Å². The molecule has 5 heteroatoms. The average Bonchev–Trinajstić information content (AvgIpc) is 2.47. The molecule has 0 aromatic heterocycles. The quantitative estimate of drug-likeness (QED) is 0.931. The van der Waals surface area contributed by atoms with E-state index in [0.717, 1.165) is 5.56 Å². The average molecular weight is 306 g/mol. The summed E-state index contributed by atoms with van der Waals surface area (Å²) in [5.41, 5.74) is 2.10. The van der Waals surface area contributed by atoms with Crippen molar-refractivity contribution in [3.63, 3.8) is 0 Å². The van der Waals surface area contributed by atoms with Crippen molar-refractivity contribution >= 4 is 23.2 Å². The highest BCUT2D eigenvalue weighted by Gasteiger charge is 2.12. The second-order valence-corrected chi connectivity index (χ2v) is 4.91. The van der Waals surface area contributed by atoms with Crippen LogP contribution in [0, 0.1) is 6.92 Å². The Hall–Kier alpha value is -2.20. The topological polar surface area (TPSA) is 47.6 Å². The maximum atomic E-state index is 12.3.